The number of nitro benzene ring substituents is 1. The second-order valence-corrected chi connectivity index (χ2v) is 10.5. The third-order valence-corrected chi connectivity index (χ3v) is 7.77. The summed E-state index contributed by atoms with van der Waals surface area (Å²) in [5.41, 5.74) is 2.64. The van der Waals surface area contributed by atoms with Crippen molar-refractivity contribution in [3.8, 4) is 5.75 Å². The van der Waals surface area contributed by atoms with Gasteiger partial charge in [0.25, 0.3) is 11.2 Å². The third kappa shape index (κ3) is 5.84. The average Bonchev–Trinajstić information content (AvgIpc) is 3.26. The van der Waals surface area contributed by atoms with Crippen LogP contribution >= 0.6 is 22.9 Å². The van der Waals surface area contributed by atoms with Gasteiger partial charge in [0.2, 0.25) is 0 Å². The van der Waals surface area contributed by atoms with Gasteiger partial charge in [0.05, 0.1) is 27.3 Å². The maximum absolute atomic E-state index is 13.7. The quantitative estimate of drug-likeness (QED) is 0.163. The first-order chi connectivity index (χ1) is 19.8. The molecule has 1 aliphatic heterocycles. The number of halogens is 1. The Morgan fingerprint density at radius 2 is 1.83 bits per heavy atom. The standard InChI is InChI=1S/C30H24ClN3O6S/c1-3-39-29(36)26-18(2)32-30-33(27(26)23-6-4-5-7-24(23)31)28(35)25(41-30)16-19-10-14-22(15-11-19)40-17-20-8-12-21(13-9-20)34(37)38/h4-16,27H,3,17H2,1-2H3/b25-16-/t27-/m0/s1. The fourth-order valence-corrected chi connectivity index (χ4v) is 5.76. The molecule has 4 aromatic rings. The molecule has 9 nitrogen and oxygen atoms in total. The van der Waals surface area contributed by atoms with Crippen LogP contribution in [0.5, 0.6) is 5.75 Å². The van der Waals surface area contributed by atoms with E-state index in [4.69, 9.17) is 21.1 Å². The molecule has 1 aromatic heterocycles. The van der Waals surface area contributed by atoms with Gasteiger partial charge in [-0.15, -0.1) is 0 Å². The van der Waals surface area contributed by atoms with Gasteiger partial charge in [0.15, 0.2) is 4.80 Å². The number of hydrogen-bond donors (Lipinski definition) is 0. The number of nitrogens with zero attached hydrogens (tertiary/aromatic N) is 3. The van der Waals surface area contributed by atoms with Crippen LogP contribution in [0, 0.1) is 10.1 Å². The maximum atomic E-state index is 13.7. The summed E-state index contributed by atoms with van der Waals surface area (Å²) in [5.74, 6) is 0.0626. The summed E-state index contributed by atoms with van der Waals surface area (Å²) in [4.78, 5) is 42.2. The monoisotopic (exact) mass is 589 g/mol. The highest BCUT2D eigenvalue weighted by Crippen LogP contribution is 2.34. The van der Waals surface area contributed by atoms with E-state index in [1.54, 1.807) is 68.5 Å². The molecular formula is C30H24ClN3O6S. The molecule has 0 radical (unpaired) electrons. The second kappa shape index (κ2) is 11.9. The SMILES string of the molecule is CCOC(=O)C1=C(C)N=c2s/c(=C\c3ccc(OCc4ccc([N+](=O)[O-])cc4)cc3)c(=O)n2[C@H]1c1ccccc1Cl. The van der Waals surface area contributed by atoms with Gasteiger partial charge >= 0.3 is 5.97 Å². The summed E-state index contributed by atoms with van der Waals surface area (Å²) >= 11 is 7.77. The smallest absolute Gasteiger partial charge is 0.338 e. The molecule has 2 heterocycles. The van der Waals surface area contributed by atoms with Gasteiger partial charge in [0, 0.05) is 17.2 Å². The van der Waals surface area contributed by atoms with Crippen LogP contribution in [-0.4, -0.2) is 22.1 Å². The Morgan fingerprint density at radius 3 is 2.49 bits per heavy atom. The number of allylic oxidation sites excluding steroid dienone is 1. The Kier molecular flexibility index (Phi) is 8.14. The summed E-state index contributed by atoms with van der Waals surface area (Å²) in [7, 11) is 0. The molecule has 11 heteroatoms. The largest absolute Gasteiger partial charge is 0.489 e. The predicted octanol–water partition coefficient (Wildman–Crippen LogP) is 4.94. The number of nitro groups is 1. The van der Waals surface area contributed by atoms with E-state index in [-0.39, 0.29) is 30.0 Å². The number of non-ortho nitro benzene ring substituents is 1. The van der Waals surface area contributed by atoms with Crippen molar-refractivity contribution in [2.24, 2.45) is 4.99 Å². The minimum atomic E-state index is -0.781. The van der Waals surface area contributed by atoms with Crippen molar-refractivity contribution in [2.75, 3.05) is 6.61 Å². The first-order valence-corrected chi connectivity index (χ1v) is 13.9. The normalized spacial score (nSPS) is 14.8. The molecule has 5 rings (SSSR count). The second-order valence-electron chi connectivity index (χ2n) is 9.11. The zero-order chi connectivity index (χ0) is 29.1. The van der Waals surface area contributed by atoms with Crippen LogP contribution < -0.4 is 19.6 Å². The van der Waals surface area contributed by atoms with Crippen LogP contribution in [0.3, 0.4) is 0 Å². The minimum Gasteiger partial charge on any atom is -0.489 e. The van der Waals surface area contributed by atoms with Crippen molar-refractivity contribution in [1.29, 1.82) is 0 Å². The number of aromatic nitrogens is 1. The first-order valence-electron chi connectivity index (χ1n) is 12.7. The Morgan fingerprint density at radius 1 is 1.12 bits per heavy atom. The van der Waals surface area contributed by atoms with E-state index >= 15 is 0 Å². The van der Waals surface area contributed by atoms with Gasteiger partial charge in [-0.2, -0.15) is 0 Å². The van der Waals surface area contributed by atoms with Crippen molar-refractivity contribution in [3.63, 3.8) is 0 Å². The van der Waals surface area contributed by atoms with Gasteiger partial charge < -0.3 is 9.47 Å². The lowest BCUT2D eigenvalue weighted by molar-refractivity contribution is -0.384. The van der Waals surface area contributed by atoms with E-state index in [1.807, 2.05) is 12.1 Å². The molecule has 0 amide bonds. The van der Waals surface area contributed by atoms with E-state index in [1.165, 1.54) is 28.0 Å². The number of benzene rings is 3. The molecule has 0 N–H and O–H groups in total. The summed E-state index contributed by atoms with van der Waals surface area (Å²) in [6.45, 7) is 3.88. The molecule has 0 saturated carbocycles. The number of esters is 1. The van der Waals surface area contributed by atoms with Crippen LogP contribution in [0.15, 0.2) is 93.9 Å². The van der Waals surface area contributed by atoms with Crippen LogP contribution in [0.25, 0.3) is 6.08 Å². The Bertz CT molecular complexity index is 1840. The van der Waals surface area contributed by atoms with Crippen LogP contribution in [0.2, 0.25) is 5.02 Å². The Labute approximate surface area is 243 Å². The summed E-state index contributed by atoms with van der Waals surface area (Å²) < 4.78 is 13.1. The number of ether oxygens (including phenoxy) is 2. The Hall–Kier alpha value is -4.54. The Balaban J connectivity index is 1.45. The van der Waals surface area contributed by atoms with Gasteiger partial charge in [-0.3, -0.25) is 19.5 Å². The third-order valence-electron chi connectivity index (χ3n) is 6.45. The summed E-state index contributed by atoms with van der Waals surface area (Å²) in [6, 6.07) is 19.7. The fraction of sp³-hybridized carbons (Fsp3) is 0.167. The van der Waals surface area contributed by atoms with Crippen molar-refractivity contribution in [1.82, 2.24) is 4.57 Å². The molecule has 0 spiro atoms. The molecule has 41 heavy (non-hydrogen) atoms. The van der Waals surface area contributed by atoms with E-state index in [9.17, 15) is 19.7 Å². The van der Waals surface area contributed by atoms with Crippen molar-refractivity contribution >= 4 is 40.7 Å². The number of fused-ring (bicyclic) bond motifs is 1. The molecule has 3 aromatic carbocycles. The molecule has 0 saturated heterocycles. The lowest BCUT2D eigenvalue weighted by Crippen LogP contribution is -2.40. The molecule has 208 valence electrons. The molecule has 0 aliphatic carbocycles. The van der Waals surface area contributed by atoms with Crippen molar-refractivity contribution in [3.05, 3.63) is 136 Å². The van der Waals surface area contributed by atoms with Gasteiger partial charge in [-0.1, -0.05) is 53.3 Å². The molecule has 0 unspecified atom stereocenters. The van der Waals surface area contributed by atoms with Gasteiger partial charge in [-0.05, 0) is 66.9 Å². The first kappa shape index (κ1) is 28.0. The fourth-order valence-electron chi connectivity index (χ4n) is 4.47. The number of carbonyl (C=O) groups is 1. The van der Waals surface area contributed by atoms with Crippen LogP contribution in [0.1, 0.15) is 36.6 Å². The molecule has 0 fully saturated rings. The van der Waals surface area contributed by atoms with Gasteiger partial charge in [0.1, 0.15) is 18.4 Å². The minimum absolute atomic E-state index is 0.0221. The lowest BCUT2D eigenvalue weighted by Gasteiger charge is -2.25. The van der Waals surface area contributed by atoms with E-state index in [0.29, 0.717) is 31.4 Å². The number of thiazole rings is 1. The molecule has 0 bridgehead atoms. The van der Waals surface area contributed by atoms with E-state index in [0.717, 1.165) is 11.1 Å². The topological polar surface area (TPSA) is 113 Å². The van der Waals surface area contributed by atoms with Crippen molar-refractivity contribution in [2.45, 2.75) is 26.5 Å². The molecular weight excluding hydrogens is 566 g/mol. The number of carbonyl (C=O) groups excluding carboxylic acids is 1. The highest BCUT2D eigenvalue weighted by molar-refractivity contribution is 7.07. The summed E-state index contributed by atoms with van der Waals surface area (Å²) in [5, 5.41) is 11.3. The van der Waals surface area contributed by atoms with Crippen LogP contribution in [-0.2, 0) is 16.1 Å². The van der Waals surface area contributed by atoms with Gasteiger partial charge in [-0.25, -0.2) is 9.79 Å². The number of rotatable bonds is 8. The molecule has 1 aliphatic rings. The zero-order valence-electron chi connectivity index (χ0n) is 22.1. The highest BCUT2D eigenvalue weighted by atomic mass is 35.5. The predicted molar refractivity (Wildman–Crippen MR) is 156 cm³/mol. The lowest BCUT2D eigenvalue weighted by atomic mass is 9.96. The number of hydrogen-bond acceptors (Lipinski definition) is 8. The van der Waals surface area contributed by atoms with Crippen LogP contribution in [0.4, 0.5) is 5.69 Å². The maximum Gasteiger partial charge on any atom is 0.338 e. The molecule has 1 atom stereocenters. The average molecular weight is 590 g/mol. The van der Waals surface area contributed by atoms with E-state index in [2.05, 4.69) is 4.99 Å². The summed E-state index contributed by atoms with van der Waals surface area (Å²) in [6.07, 6.45) is 1.76. The zero-order valence-corrected chi connectivity index (χ0v) is 23.6. The van der Waals surface area contributed by atoms with Crippen molar-refractivity contribution < 1.29 is 19.2 Å². The van der Waals surface area contributed by atoms with E-state index < -0.39 is 16.9 Å². The highest BCUT2D eigenvalue weighted by Gasteiger charge is 2.34.